The zero-order valence-electron chi connectivity index (χ0n) is 11.6. The van der Waals surface area contributed by atoms with Gasteiger partial charge in [0, 0.05) is 36.3 Å². The van der Waals surface area contributed by atoms with Crippen molar-refractivity contribution in [2.75, 3.05) is 12.8 Å². The molecular formula is C14H26N2S. The predicted octanol–water partition coefficient (Wildman–Crippen LogP) is 3.52. The van der Waals surface area contributed by atoms with Crippen LogP contribution in [0, 0.1) is 0 Å². The highest BCUT2D eigenvalue weighted by molar-refractivity contribution is 8.00. The van der Waals surface area contributed by atoms with Gasteiger partial charge in [-0.1, -0.05) is 13.8 Å². The van der Waals surface area contributed by atoms with Crippen LogP contribution in [0.3, 0.4) is 0 Å². The molecule has 0 spiro atoms. The van der Waals surface area contributed by atoms with Crippen molar-refractivity contribution >= 4 is 11.8 Å². The molecule has 0 amide bonds. The maximum absolute atomic E-state index is 3.61. The third kappa shape index (κ3) is 3.78. The largest absolute Gasteiger partial charge is 0.351 e. The first-order valence-electron chi connectivity index (χ1n) is 6.61. The lowest BCUT2D eigenvalue weighted by Crippen LogP contribution is -2.36. The molecule has 0 atom stereocenters. The lowest BCUT2D eigenvalue weighted by molar-refractivity contribution is 0.488. The molecule has 3 heteroatoms. The molecule has 17 heavy (non-hydrogen) atoms. The van der Waals surface area contributed by atoms with Crippen LogP contribution in [0.25, 0.3) is 0 Å². The van der Waals surface area contributed by atoms with Crippen LogP contribution in [-0.2, 0) is 13.1 Å². The highest BCUT2D eigenvalue weighted by atomic mass is 32.2. The minimum absolute atomic E-state index is 0.406. The Morgan fingerprint density at radius 3 is 2.53 bits per heavy atom. The van der Waals surface area contributed by atoms with Crippen LogP contribution in [0.15, 0.2) is 18.3 Å². The number of rotatable bonds is 8. The summed E-state index contributed by atoms with van der Waals surface area (Å²) >= 11 is 2.00. The average molecular weight is 254 g/mol. The molecule has 0 saturated heterocycles. The van der Waals surface area contributed by atoms with Gasteiger partial charge in [-0.2, -0.15) is 11.8 Å². The number of nitrogens with zero attached hydrogens (tertiary/aromatic N) is 1. The molecule has 98 valence electrons. The molecule has 1 heterocycles. The van der Waals surface area contributed by atoms with Gasteiger partial charge in [-0.3, -0.25) is 0 Å². The minimum Gasteiger partial charge on any atom is -0.351 e. The number of aromatic nitrogens is 1. The van der Waals surface area contributed by atoms with Gasteiger partial charge in [0.25, 0.3) is 0 Å². The Bertz CT molecular complexity index is 308. The van der Waals surface area contributed by atoms with Crippen molar-refractivity contribution in [2.45, 2.75) is 51.4 Å². The number of hydrogen-bond donors (Lipinski definition) is 1. The fourth-order valence-corrected chi connectivity index (χ4v) is 3.02. The summed E-state index contributed by atoms with van der Waals surface area (Å²) in [5.74, 6) is 0. The van der Waals surface area contributed by atoms with Gasteiger partial charge in [-0.25, -0.2) is 0 Å². The third-order valence-electron chi connectivity index (χ3n) is 3.74. The van der Waals surface area contributed by atoms with Gasteiger partial charge in [0.05, 0.1) is 0 Å². The summed E-state index contributed by atoms with van der Waals surface area (Å²) in [4.78, 5) is 0. The van der Waals surface area contributed by atoms with Gasteiger partial charge in [-0.15, -0.1) is 0 Å². The summed E-state index contributed by atoms with van der Waals surface area (Å²) in [6.45, 7) is 9.89. The van der Waals surface area contributed by atoms with Crippen molar-refractivity contribution in [3.63, 3.8) is 0 Å². The van der Waals surface area contributed by atoms with Gasteiger partial charge in [0.2, 0.25) is 0 Å². The molecule has 0 aliphatic rings. The Kier molecular flexibility index (Phi) is 6.14. The maximum atomic E-state index is 3.61. The predicted molar refractivity (Wildman–Crippen MR) is 78.6 cm³/mol. The van der Waals surface area contributed by atoms with Gasteiger partial charge in [0.1, 0.15) is 0 Å². The van der Waals surface area contributed by atoms with Crippen LogP contribution in [0.1, 0.15) is 39.3 Å². The quantitative estimate of drug-likeness (QED) is 0.764. The summed E-state index contributed by atoms with van der Waals surface area (Å²) < 4.78 is 2.70. The zero-order valence-corrected chi connectivity index (χ0v) is 12.4. The maximum Gasteiger partial charge on any atom is 0.0359 e. The Morgan fingerprint density at radius 1 is 1.29 bits per heavy atom. The summed E-state index contributed by atoms with van der Waals surface area (Å²) in [7, 11) is 0. The third-order valence-corrected chi connectivity index (χ3v) is 5.33. The molecule has 1 rings (SSSR count). The number of aryl methyl sites for hydroxylation is 1. The lowest BCUT2D eigenvalue weighted by atomic mass is 10.0. The van der Waals surface area contributed by atoms with E-state index in [2.05, 4.69) is 55.2 Å². The first-order chi connectivity index (χ1) is 8.21. The Balaban J connectivity index is 2.46. The molecule has 0 radical (unpaired) electrons. The summed E-state index contributed by atoms with van der Waals surface area (Å²) in [6.07, 6.45) is 6.83. The average Bonchev–Trinajstić information content (AvgIpc) is 2.83. The van der Waals surface area contributed by atoms with Crippen LogP contribution in [-0.4, -0.2) is 22.1 Å². The van der Waals surface area contributed by atoms with E-state index in [9.17, 15) is 0 Å². The lowest BCUT2D eigenvalue weighted by Gasteiger charge is -2.30. The molecule has 0 aliphatic carbocycles. The van der Waals surface area contributed by atoms with E-state index < -0.39 is 0 Å². The second-order valence-corrected chi connectivity index (χ2v) is 5.76. The first-order valence-corrected chi connectivity index (χ1v) is 7.83. The molecule has 0 aliphatic heterocycles. The van der Waals surface area contributed by atoms with E-state index in [0.717, 1.165) is 19.6 Å². The van der Waals surface area contributed by atoms with Crippen LogP contribution in [0.2, 0.25) is 0 Å². The van der Waals surface area contributed by atoms with Crippen molar-refractivity contribution in [2.24, 2.45) is 0 Å². The summed E-state index contributed by atoms with van der Waals surface area (Å²) in [6, 6.07) is 4.33. The SMILES string of the molecule is CCn1cccc1CNCC(CC)(CC)SC. The second kappa shape index (κ2) is 7.12. The standard InChI is InChI=1S/C14H26N2S/c1-5-14(6-2,17-4)12-15-11-13-9-8-10-16(13)7-3/h8-10,15H,5-7,11-12H2,1-4H3. The normalized spacial score (nSPS) is 12.0. The highest BCUT2D eigenvalue weighted by Crippen LogP contribution is 2.29. The van der Waals surface area contributed by atoms with E-state index in [0.29, 0.717) is 4.75 Å². The van der Waals surface area contributed by atoms with Crippen LogP contribution in [0.4, 0.5) is 0 Å². The fourth-order valence-electron chi connectivity index (χ4n) is 2.20. The molecule has 0 bridgehead atoms. The van der Waals surface area contributed by atoms with E-state index >= 15 is 0 Å². The van der Waals surface area contributed by atoms with Crippen molar-refractivity contribution in [1.29, 1.82) is 0 Å². The van der Waals surface area contributed by atoms with E-state index in [4.69, 9.17) is 0 Å². The van der Waals surface area contributed by atoms with Crippen molar-refractivity contribution in [3.8, 4) is 0 Å². The first kappa shape index (κ1) is 14.7. The summed E-state index contributed by atoms with van der Waals surface area (Å²) in [5, 5.41) is 3.61. The molecule has 1 aromatic rings. The Hall–Kier alpha value is -0.410. The highest BCUT2D eigenvalue weighted by Gasteiger charge is 2.24. The Labute approximate surface area is 110 Å². The number of hydrogen-bond acceptors (Lipinski definition) is 2. The zero-order chi connectivity index (χ0) is 12.7. The smallest absolute Gasteiger partial charge is 0.0359 e. The van der Waals surface area contributed by atoms with E-state index in [1.807, 2.05) is 11.8 Å². The molecule has 1 N–H and O–H groups in total. The molecule has 1 aromatic heterocycles. The van der Waals surface area contributed by atoms with E-state index in [1.54, 1.807) is 0 Å². The minimum atomic E-state index is 0.406. The molecular weight excluding hydrogens is 228 g/mol. The van der Waals surface area contributed by atoms with Crippen molar-refractivity contribution in [1.82, 2.24) is 9.88 Å². The molecule has 0 fully saturated rings. The van der Waals surface area contributed by atoms with E-state index in [-0.39, 0.29) is 0 Å². The van der Waals surface area contributed by atoms with Crippen LogP contribution < -0.4 is 5.32 Å². The van der Waals surface area contributed by atoms with Gasteiger partial charge >= 0.3 is 0 Å². The topological polar surface area (TPSA) is 17.0 Å². The summed E-state index contributed by atoms with van der Waals surface area (Å²) in [5.41, 5.74) is 1.38. The van der Waals surface area contributed by atoms with Crippen LogP contribution >= 0.6 is 11.8 Å². The van der Waals surface area contributed by atoms with Gasteiger partial charge < -0.3 is 9.88 Å². The van der Waals surface area contributed by atoms with Crippen LogP contribution in [0.5, 0.6) is 0 Å². The number of nitrogens with one attached hydrogen (secondary N) is 1. The second-order valence-electron chi connectivity index (χ2n) is 4.48. The van der Waals surface area contributed by atoms with Crippen molar-refractivity contribution < 1.29 is 0 Å². The number of thioether (sulfide) groups is 1. The molecule has 0 aromatic carbocycles. The molecule has 0 unspecified atom stereocenters. The van der Waals surface area contributed by atoms with E-state index in [1.165, 1.54) is 18.5 Å². The van der Waals surface area contributed by atoms with Gasteiger partial charge in [-0.05, 0) is 38.2 Å². The fraction of sp³-hybridized carbons (Fsp3) is 0.714. The molecule has 0 saturated carbocycles. The Morgan fingerprint density at radius 2 is 2.00 bits per heavy atom. The molecule has 2 nitrogen and oxygen atoms in total. The van der Waals surface area contributed by atoms with Gasteiger partial charge in [0.15, 0.2) is 0 Å². The van der Waals surface area contributed by atoms with Crippen molar-refractivity contribution in [3.05, 3.63) is 24.0 Å². The monoisotopic (exact) mass is 254 g/mol.